The Bertz CT molecular complexity index is 332. The topological polar surface area (TPSA) is 26.0 Å². The molecule has 0 saturated heterocycles. The van der Waals surface area contributed by atoms with Crippen LogP contribution in [0.25, 0.3) is 0 Å². The maximum atomic E-state index is 6.05. The average Bonchev–Trinajstić information content (AvgIpc) is 2.22. The molecule has 0 aliphatic rings. The van der Waals surface area contributed by atoms with Gasteiger partial charge in [-0.1, -0.05) is 23.2 Å². The molecule has 0 fully saturated rings. The molecule has 0 amide bonds. The van der Waals surface area contributed by atoms with E-state index in [9.17, 15) is 0 Å². The van der Waals surface area contributed by atoms with Crippen LogP contribution in [0.1, 0.15) is 6.92 Å². The molecule has 1 aromatic carbocycles. The molecule has 0 aromatic heterocycles. The zero-order valence-electron chi connectivity index (χ0n) is 9.08. The fourth-order valence-electron chi connectivity index (χ4n) is 1.07. The van der Waals surface area contributed by atoms with E-state index in [0.717, 1.165) is 32.2 Å². The SMILES string of the molecule is CC(N)CSCCSc1cc(Cl)ccc1Cl. The second-order valence-corrected chi connectivity index (χ2v) is 6.61. The van der Waals surface area contributed by atoms with Crippen molar-refractivity contribution in [2.24, 2.45) is 5.73 Å². The molecule has 0 bridgehead atoms. The van der Waals surface area contributed by atoms with Crippen LogP contribution in [0.5, 0.6) is 0 Å². The maximum absolute atomic E-state index is 6.05. The number of thioether (sulfide) groups is 2. The molecule has 0 saturated carbocycles. The van der Waals surface area contributed by atoms with Crippen LogP contribution in [0.4, 0.5) is 0 Å². The van der Waals surface area contributed by atoms with Gasteiger partial charge >= 0.3 is 0 Å². The Hall–Kier alpha value is 0.460. The average molecular weight is 296 g/mol. The molecule has 1 atom stereocenters. The minimum Gasteiger partial charge on any atom is -0.327 e. The second kappa shape index (κ2) is 7.72. The molecule has 1 aromatic rings. The van der Waals surface area contributed by atoms with Crippen LogP contribution >= 0.6 is 46.7 Å². The van der Waals surface area contributed by atoms with Gasteiger partial charge in [-0.25, -0.2) is 0 Å². The molecule has 16 heavy (non-hydrogen) atoms. The van der Waals surface area contributed by atoms with Gasteiger partial charge in [0.05, 0.1) is 5.02 Å². The van der Waals surface area contributed by atoms with Crippen molar-refractivity contribution in [3.63, 3.8) is 0 Å². The Balaban J connectivity index is 2.29. The second-order valence-electron chi connectivity index (χ2n) is 3.48. The molecular weight excluding hydrogens is 281 g/mol. The van der Waals surface area contributed by atoms with Gasteiger partial charge in [-0.05, 0) is 25.1 Å². The van der Waals surface area contributed by atoms with E-state index in [2.05, 4.69) is 0 Å². The van der Waals surface area contributed by atoms with Crippen molar-refractivity contribution in [3.8, 4) is 0 Å². The van der Waals surface area contributed by atoms with E-state index in [4.69, 9.17) is 28.9 Å². The molecule has 90 valence electrons. The molecule has 0 aliphatic heterocycles. The van der Waals surface area contributed by atoms with E-state index >= 15 is 0 Å². The highest BCUT2D eigenvalue weighted by Crippen LogP contribution is 2.30. The molecule has 0 heterocycles. The van der Waals surface area contributed by atoms with Gasteiger partial charge in [0, 0.05) is 33.2 Å². The summed E-state index contributed by atoms with van der Waals surface area (Å²) in [6.45, 7) is 2.02. The molecule has 0 spiro atoms. The first kappa shape index (κ1) is 14.5. The van der Waals surface area contributed by atoms with Crippen LogP contribution in [-0.4, -0.2) is 23.3 Å². The quantitative estimate of drug-likeness (QED) is 0.630. The zero-order chi connectivity index (χ0) is 12.0. The lowest BCUT2D eigenvalue weighted by Crippen LogP contribution is -2.17. The van der Waals surface area contributed by atoms with Gasteiger partial charge in [0.2, 0.25) is 0 Å². The van der Waals surface area contributed by atoms with Gasteiger partial charge in [0.1, 0.15) is 0 Å². The van der Waals surface area contributed by atoms with Gasteiger partial charge in [-0.3, -0.25) is 0 Å². The number of rotatable bonds is 6. The summed E-state index contributed by atoms with van der Waals surface area (Å²) in [6, 6.07) is 5.81. The van der Waals surface area contributed by atoms with Gasteiger partial charge in [-0.2, -0.15) is 11.8 Å². The number of nitrogens with two attached hydrogens (primary N) is 1. The van der Waals surface area contributed by atoms with Crippen molar-refractivity contribution in [2.75, 3.05) is 17.3 Å². The van der Waals surface area contributed by atoms with Gasteiger partial charge in [0.25, 0.3) is 0 Å². The van der Waals surface area contributed by atoms with E-state index in [1.165, 1.54) is 0 Å². The van der Waals surface area contributed by atoms with Crippen molar-refractivity contribution in [1.29, 1.82) is 0 Å². The first-order valence-corrected chi connectivity index (χ1v) is 7.90. The summed E-state index contributed by atoms with van der Waals surface area (Å²) in [6.07, 6.45) is 0. The third-order valence-corrected chi connectivity index (χ3v) is 5.01. The summed E-state index contributed by atoms with van der Waals surface area (Å²) >= 11 is 15.6. The minimum absolute atomic E-state index is 0.268. The van der Waals surface area contributed by atoms with Gasteiger partial charge in [-0.15, -0.1) is 11.8 Å². The van der Waals surface area contributed by atoms with Crippen molar-refractivity contribution in [2.45, 2.75) is 17.9 Å². The summed E-state index contributed by atoms with van der Waals surface area (Å²) in [4.78, 5) is 1.05. The third-order valence-electron chi connectivity index (χ3n) is 1.76. The predicted octanol–water partition coefficient (Wildman–Crippen LogP) is 4.17. The standard InChI is InChI=1S/C11H15Cl2NS2/c1-8(14)7-15-4-5-16-11-6-9(12)2-3-10(11)13/h2-3,6,8H,4-5,7,14H2,1H3. The van der Waals surface area contributed by atoms with E-state index in [1.807, 2.05) is 30.8 Å². The molecule has 0 aliphatic carbocycles. The smallest absolute Gasteiger partial charge is 0.0542 e. The van der Waals surface area contributed by atoms with Crippen LogP contribution in [0.3, 0.4) is 0 Å². The minimum atomic E-state index is 0.268. The van der Waals surface area contributed by atoms with Gasteiger partial charge < -0.3 is 5.73 Å². The Morgan fingerprint density at radius 2 is 2.06 bits per heavy atom. The van der Waals surface area contributed by atoms with E-state index in [0.29, 0.717) is 0 Å². The van der Waals surface area contributed by atoms with Crippen molar-refractivity contribution in [1.82, 2.24) is 0 Å². The summed E-state index contributed by atoms with van der Waals surface area (Å²) in [7, 11) is 0. The lowest BCUT2D eigenvalue weighted by Gasteiger charge is -2.06. The van der Waals surface area contributed by atoms with E-state index < -0.39 is 0 Å². The Morgan fingerprint density at radius 3 is 2.75 bits per heavy atom. The summed E-state index contributed by atoms with van der Waals surface area (Å²) in [5, 5.41) is 1.50. The largest absolute Gasteiger partial charge is 0.327 e. The Kier molecular flexibility index (Phi) is 7.01. The van der Waals surface area contributed by atoms with Crippen LogP contribution < -0.4 is 5.73 Å². The number of hydrogen-bond acceptors (Lipinski definition) is 3. The summed E-state index contributed by atoms with van der Waals surface area (Å²) in [5.41, 5.74) is 5.66. The number of hydrogen-bond donors (Lipinski definition) is 1. The number of halogens is 2. The molecule has 2 N–H and O–H groups in total. The molecule has 5 heteroatoms. The van der Waals surface area contributed by atoms with Crippen molar-refractivity contribution in [3.05, 3.63) is 28.2 Å². The first-order chi connectivity index (χ1) is 7.59. The first-order valence-electron chi connectivity index (χ1n) is 5.01. The Morgan fingerprint density at radius 1 is 1.31 bits per heavy atom. The third kappa shape index (κ3) is 5.69. The highest BCUT2D eigenvalue weighted by atomic mass is 35.5. The highest BCUT2D eigenvalue weighted by Gasteiger charge is 2.02. The van der Waals surface area contributed by atoms with Crippen LogP contribution in [0.15, 0.2) is 23.1 Å². The van der Waals surface area contributed by atoms with Crippen LogP contribution in [-0.2, 0) is 0 Å². The fourth-order valence-corrected chi connectivity index (χ4v) is 3.56. The van der Waals surface area contributed by atoms with Crippen LogP contribution in [0, 0.1) is 0 Å². The molecule has 1 unspecified atom stereocenters. The predicted molar refractivity (Wildman–Crippen MR) is 78.2 cm³/mol. The van der Waals surface area contributed by atoms with E-state index in [-0.39, 0.29) is 6.04 Å². The highest BCUT2D eigenvalue weighted by molar-refractivity contribution is 8.03. The molecule has 0 radical (unpaired) electrons. The number of benzene rings is 1. The van der Waals surface area contributed by atoms with Crippen LogP contribution in [0.2, 0.25) is 10.0 Å². The summed E-state index contributed by atoms with van der Waals surface area (Å²) < 4.78 is 0. The monoisotopic (exact) mass is 295 g/mol. The van der Waals surface area contributed by atoms with Crippen molar-refractivity contribution >= 4 is 46.7 Å². The summed E-state index contributed by atoms with van der Waals surface area (Å²) in [5.74, 6) is 3.11. The molecule has 1 nitrogen and oxygen atoms in total. The van der Waals surface area contributed by atoms with Gasteiger partial charge in [0.15, 0.2) is 0 Å². The lowest BCUT2D eigenvalue weighted by molar-refractivity contribution is 0.847. The molecule has 1 rings (SSSR count). The maximum Gasteiger partial charge on any atom is 0.0542 e. The zero-order valence-corrected chi connectivity index (χ0v) is 12.2. The normalized spacial score (nSPS) is 12.8. The molecular formula is C11H15Cl2NS2. The van der Waals surface area contributed by atoms with E-state index in [1.54, 1.807) is 17.8 Å². The fraction of sp³-hybridized carbons (Fsp3) is 0.455. The van der Waals surface area contributed by atoms with Crippen molar-refractivity contribution < 1.29 is 0 Å². The lowest BCUT2D eigenvalue weighted by atomic mass is 10.4. The Labute approximate surface area is 115 Å².